The number of hydrogen-bond acceptors (Lipinski definition) is 2. The Hall–Kier alpha value is -2.40. The molecule has 0 bridgehead atoms. The van der Waals surface area contributed by atoms with Crippen LogP contribution in [-0.4, -0.2) is 4.98 Å². The summed E-state index contributed by atoms with van der Waals surface area (Å²) in [6.45, 7) is 0. The maximum absolute atomic E-state index is 13.3. The predicted octanol–water partition coefficient (Wildman–Crippen LogP) is 3.70. The molecule has 0 saturated heterocycles. The summed E-state index contributed by atoms with van der Waals surface area (Å²) < 4.78 is 39.7. The van der Waals surface area contributed by atoms with E-state index in [-0.39, 0.29) is 5.56 Å². The maximum atomic E-state index is 13.3. The zero-order valence-corrected chi connectivity index (χ0v) is 10.9. The van der Waals surface area contributed by atoms with Gasteiger partial charge in [-0.25, -0.2) is 13.2 Å². The number of benzene rings is 2. The highest BCUT2D eigenvalue weighted by atomic mass is 19.2. The van der Waals surface area contributed by atoms with Crippen molar-refractivity contribution in [2.24, 2.45) is 5.73 Å². The van der Waals surface area contributed by atoms with Crippen LogP contribution < -0.4 is 5.73 Å². The smallest absolute Gasteiger partial charge is 0.194 e. The van der Waals surface area contributed by atoms with Crippen molar-refractivity contribution in [1.29, 1.82) is 0 Å². The molecule has 1 unspecified atom stereocenters. The van der Waals surface area contributed by atoms with Crippen molar-refractivity contribution in [2.75, 3.05) is 0 Å². The summed E-state index contributed by atoms with van der Waals surface area (Å²) in [5, 5.41) is 1.71. The van der Waals surface area contributed by atoms with Gasteiger partial charge in [-0.2, -0.15) is 0 Å². The third kappa shape index (κ3) is 2.36. The molecule has 0 fully saturated rings. The normalized spacial score (nSPS) is 12.6. The van der Waals surface area contributed by atoms with Crippen molar-refractivity contribution in [1.82, 2.24) is 4.98 Å². The maximum Gasteiger partial charge on any atom is 0.194 e. The molecular weight excluding hydrogens is 277 g/mol. The summed E-state index contributed by atoms with van der Waals surface area (Å²) in [5.41, 5.74) is 6.97. The lowest BCUT2D eigenvalue weighted by molar-refractivity contribution is 0.444. The molecule has 0 aliphatic heterocycles. The molecule has 1 atom stereocenters. The van der Waals surface area contributed by atoms with Gasteiger partial charge >= 0.3 is 0 Å². The fourth-order valence-electron chi connectivity index (χ4n) is 2.35. The summed E-state index contributed by atoms with van der Waals surface area (Å²) in [6.07, 6.45) is 3.29. The summed E-state index contributed by atoms with van der Waals surface area (Å²) in [7, 11) is 0. The highest BCUT2D eigenvalue weighted by Crippen LogP contribution is 2.28. The van der Waals surface area contributed by atoms with Gasteiger partial charge in [-0.1, -0.05) is 18.2 Å². The zero-order valence-electron chi connectivity index (χ0n) is 10.9. The van der Waals surface area contributed by atoms with Crippen molar-refractivity contribution < 1.29 is 13.2 Å². The van der Waals surface area contributed by atoms with Crippen molar-refractivity contribution in [3.63, 3.8) is 0 Å². The first-order valence-corrected chi connectivity index (χ1v) is 6.30. The van der Waals surface area contributed by atoms with E-state index in [1.165, 1.54) is 0 Å². The Bertz CT molecular complexity index is 789. The van der Waals surface area contributed by atoms with Crippen LogP contribution in [0.15, 0.2) is 48.8 Å². The molecule has 3 aromatic rings. The number of nitrogens with two attached hydrogens (primary N) is 1. The van der Waals surface area contributed by atoms with Crippen LogP contribution >= 0.6 is 0 Å². The van der Waals surface area contributed by atoms with Gasteiger partial charge in [-0.05, 0) is 34.7 Å². The lowest BCUT2D eigenvalue weighted by Gasteiger charge is -2.15. The van der Waals surface area contributed by atoms with E-state index in [4.69, 9.17) is 5.73 Å². The molecular formula is C16H11F3N2. The summed E-state index contributed by atoms with van der Waals surface area (Å²) in [6, 6.07) is 8.28. The van der Waals surface area contributed by atoms with Crippen LogP contribution in [0.2, 0.25) is 0 Å². The molecule has 0 radical (unpaired) electrons. The molecule has 0 spiro atoms. The number of rotatable bonds is 2. The molecule has 0 saturated carbocycles. The molecule has 2 N–H and O–H groups in total. The van der Waals surface area contributed by atoms with E-state index in [2.05, 4.69) is 4.98 Å². The second kappa shape index (κ2) is 5.18. The molecule has 106 valence electrons. The van der Waals surface area contributed by atoms with Gasteiger partial charge in [0.25, 0.3) is 0 Å². The lowest BCUT2D eigenvalue weighted by atomic mass is 9.95. The first kappa shape index (κ1) is 13.6. The fourth-order valence-corrected chi connectivity index (χ4v) is 2.35. The minimum atomic E-state index is -1.49. The summed E-state index contributed by atoms with van der Waals surface area (Å²) in [5.74, 6) is -3.99. The lowest BCUT2D eigenvalue weighted by Crippen LogP contribution is -2.13. The van der Waals surface area contributed by atoms with Crippen molar-refractivity contribution >= 4 is 10.8 Å². The van der Waals surface area contributed by atoms with Crippen LogP contribution in [0.1, 0.15) is 17.2 Å². The van der Waals surface area contributed by atoms with Crippen LogP contribution in [0.25, 0.3) is 10.8 Å². The van der Waals surface area contributed by atoms with Crippen LogP contribution in [0.5, 0.6) is 0 Å². The van der Waals surface area contributed by atoms with E-state index in [1.54, 1.807) is 30.6 Å². The fraction of sp³-hybridized carbons (Fsp3) is 0.0625. The average Bonchev–Trinajstić information content (AvgIpc) is 2.51. The average molecular weight is 288 g/mol. The van der Waals surface area contributed by atoms with E-state index in [1.807, 2.05) is 6.07 Å². The highest BCUT2D eigenvalue weighted by Gasteiger charge is 2.17. The molecule has 0 aliphatic rings. The van der Waals surface area contributed by atoms with Gasteiger partial charge in [0.1, 0.15) is 0 Å². The van der Waals surface area contributed by atoms with E-state index in [0.717, 1.165) is 22.9 Å². The van der Waals surface area contributed by atoms with Crippen LogP contribution in [-0.2, 0) is 0 Å². The number of nitrogens with zero attached hydrogens (tertiary/aromatic N) is 1. The van der Waals surface area contributed by atoms with Gasteiger partial charge in [-0.3, -0.25) is 4.98 Å². The third-order valence-corrected chi connectivity index (χ3v) is 3.41. The van der Waals surface area contributed by atoms with E-state index in [0.29, 0.717) is 5.56 Å². The topological polar surface area (TPSA) is 38.9 Å². The van der Waals surface area contributed by atoms with Crippen molar-refractivity contribution in [3.05, 3.63) is 77.4 Å². The molecule has 3 rings (SSSR count). The Morgan fingerprint density at radius 2 is 1.71 bits per heavy atom. The number of pyridine rings is 1. The van der Waals surface area contributed by atoms with E-state index in [9.17, 15) is 13.2 Å². The monoisotopic (exact) mass is 288 g/mol. The van der Waals surface area contributed by atoms with Gasteiger partial charge in [-0.15, -0.1) is 0 Å². The third-order valence-electron chi connectivity index (χ3n) is 3.41. The molecule has 1 heterocycles. The summed E-state index contributed by atoms with van der Waals surface area (Å²) in [4.78, 5) is 4.02. The predicted molar refractivity (Wildman–Crippen MR) is 74.1 cm³/mol. The van der Waals surface area contributed by atoms with E-state index >= 15 is 0 Å². The van der Waals surface area contributed by atoms with Crippen LogP contribution in [0, 0.1) is 17.5 Å². The Labute approximate surface area is 119 Å². The Balaban J connectivity index is 2.15. The SMILES string of the molecule is NC(c1cc(F)c(F)c(F)c1)c1cccc2cnccc12. The van der Waals surface area contributed by atoms with Crippen molar-refractivity contribution in [3.8, 4) is 0 Å². The number of hydrogen-bond donors (Lipinski definition) is 1. The molecule has 2 nitrogen and oxygen atoms in total. The molecule has 2 aromatic carbocycles. The molecule has 0 aliphatic carbocycles. The number of halogens is 3. The van der Waals surface area contributed by atoms with Gasteiger partial charge in [0.05, 0.1) is 6.04 Å². The highest BCUT2D eigenvalue weighted by molar-refractivity contribution is 5.85. The second-order valence-electron chi connectivity index (χ2n) is 4.72. The quantitative estimate of drug-likeness (QED) is 0.730. The first-order valence-electron chi connectivity index (χ1n) is 6.30. The summed E-state index contributed by atoms with van der Waals surface area (Å²) >= 11 is 0. The molecule has 5 heteroatoms. The van der Waals surface area contributed by atoms with E-state index < -0.39 is 23.5 Å². The Morgan fingerprint density at radius 1 is 1.00 bits per heavy atom. The molecule has 1 aromatic heterocycles. The number of aromatic nitrogens is 1. The van der Waals surface area contributed by atoms with Crippen LogP contribution in [0.4, 0.5) is 13.2 Å². The molecule has 21 heavy (non-hydrogen) atoms. The van der Waals surface area contributed by atoms with Crippen LogP contribution in [0.3, 0.4) is 0 Å². The van der Waals surface area contributed by atoms with Gasteiger partial charge in [0.15, 0.2) is 17.5 Å². The van der Waals surface area contributed by atoms with Gasteiger partial charge in [0, 0.05) is 17.8 Å². The minimum absolute atomic E-state index is 0.177. The zero-order chi connectivity index (χ0) is 15.0. The molecule has 0 amide bonds. The number of fused-ring (bicyclic) bond motifs is 1. The Kier molecular flexibility index (Phi) is 3.35. The standard InChI is InChI=1S/C16H11F3N2/c17-13-6-10(7-14(18)15(13)19)16(20)12-3-1-2-9-8-21-5-4-11(9)12/h1-8,16H,20H2. The minimum Gasteiger partial charge on any atom is -0.320 e. The largest absolute Gasteiger partial charge is 0.320 e. The first-order chi connectivity index (χ1) is 10.1. The Morgan fingerprint density at radius 3 is 2.43 bits per heavy atom. The van der Waals surface area contributed by atoms with Crippen molar-refractivity contribution in [2.45, 2.75) is 6.04 Å². The van der Waals surface area contributed by atoms with Gasteiger partial charge < -0.3 is 5.73 Å². The van der Waals surface area contributed by atoms with Gasteiger partial charge in [0.2, 0.25) is 0 Å². The second-order valence-corrected chi connectivity index (χ2v) is 4.72.